The second kappa shape index (κ2) is 9.39. The Labute approximate surface area is 179 Å². The largest absolute Gasteiger partial charge is 0.490 e. The quantitative estimate of drug-likeness (QED) is 0.523. The zero-order valence-corrected chi connectivity index (χ0v) is 16.4. The Hall–Kier alpha value is -3.06. The van der Waals surface area contributed by atoms with Gasteiger partial charge >= 0.3 is 6.18 Å². The zero-order valence-electron chi connectivity index (χ0n) is 16.4. The number of amidine groups is 1. The molecule has 0 bridgehead atoms. The highest BCUT2D eigenvalue weighted by Crippen LogP contribution is 2.38. The van der Waals surface area contributed by atoms with Crippen LogP contribution in [0, 0.1) is 0 Å². The third-order valence-corrected chi connectivity index (χ3v) is 4.96. The molecule has 1 N–H and O–H groups in total. The summed E-state index contributed by atoms with van der Waals surface area (Å²) in [7, 11) is 1.60. The van der Waals surface area contributed by atoms with Crippen molar-refractivity contribution >= 4 is 16.6 Å². The molecule has 4 rings (SSSR count). The summed E-state index contributed by atoms with van der Waals surface area (Å²) in [4.78, 5) is 4.47. The first-order valence-corrected chi connectivity index (χ1v) is 9.62. The zero-order chi connectivity index (χ0) is 21.1. The number of aliphatic imine (C=N–C) groups is 1. The number of alkyl halides is 3. The molecule has 31 heavy (non-hydrogen) atoms. The molecule has 3 aromatic rings. The first-order valence-electron chi connectivity index (χ1n) is 9.62. The van der Waals surface area contributed by atoms with E-state index in [2.05, 4.69) is 10.3 Å². The van der Waals surface area contributed by atoms with Crippen LogP contribution in [-0.2, 0) is 10.9 Å². The topological polar surface area (TPSA) is 42.9 Å². The van der Waals surface area contributed by atoms with Crippen LogP contribution < -0.4 is 10.1 Å². The van der Waals surface area contributed by atoms with Gasteiger partial charge in [-0.1, -0.05) is 37.8 Å². The summed E-state index contributed by atoms with van der Waals surface area (Å²) >= 11 is 0. The standard InChI is InChI=1S/C23H21F3N2O2.CH4/c1-29-10-11-30-21-14-15-6-7-16(18-4-2-3-5-20(18)23(24,25)26)12-17(15)13-19(21)22-27-8-9-28-22;/h2-7,12-14H,8-11H2,1H3,(H,27,28);1H4. The van der Waals surface area contributed by atoms with Gasteiger partial charge < -0.3 is 14.8 Å². The number of halogens is 3. The van der Waals surface area contributed by atoms with Crippen LogP contribution in [0.1, 0.15) is 18.6 Å². The fraction of sp³-hybridized carbons (Fsp3) is 0.292. The fourth-order valence-electron chi connectivity index (χ4n) is 3.54. The molecule has 7 heteroatoms. The monoisotopic (exact) mass is 430 g/mol. The van der Waals surface area contributed by atoms with Gasteiger partial charge in [0.15, 0.2) is 0 Å². The molecule has 0 unspecified atom stereocenters. The van der Waals surface area contributed by atoms with Crippen LogP contribution >= 0.6 is 0 Å². The molecule has 0 saturated carbocycles. The number of fused-ring (bicyclic) bond motifs is 1. The van der Waals surface area contributed by atoms with Crippen LogP contribution in [0.25, 0.3) is 21.9 Å². The van der Waals surface area contributed by atoms with E-state index in [1.54, 1.807) is 25.3 Å². The number of nitrogens with one attached hydrogen (secondary N) is 1. The number of hydrogen-bond acceptors (Lipinski definition) is 4. The van der Waals surface area contributed by atoms with Crippen molar-refractivity contribution in [3.63, 3.8) is 0 Å². The van der Waals surface area contributed by atoms with Gasteiger partial charge in [-0.2, -0.15) is 13.2 Å². The Kier molecular flexibility index (Phi) is 6.85. The summed E-state index contributed by atoms with van der Waals surface area (Å²) in [5.41, 5.74) is 0.809. The average Bonchev–Trinajstić information content (AvgIpc) is 3.27. The molecule has 0 spiro atoms. The summed E-state index contributed by atoms with van der Waals surface area (Å²) in [5, 5.41) is 4.92. The minimum Gasteiger partial charge on any atom is -0.490 e. The normalized spacial score (nSPS) is 13.5. The van der Waals surface area contributed by atoms with Gasteiger partial charge in [-0.15, -0.1) is 0 Å². The SMILES string of the molecule is C.COCCOc1cc2ccc(-c3ccccc3C(F)(F)F)cc2cc1C1=NCCN1. The van der Waals surface area contributed by atoms with Gasteiger partial charge in [0.1, 0.15) is 18.2 Å². The van der Waals surface area contributed by atoms with E-state index in [4.69, 9.17) is 9.47 Å². The summed E-state index contributed by atoms with van der Waals surface area (Å²) in [6.07, 6.45) is -4.42. The highest BCUT2D eigenvalue weighted by molar-refractivity contribution is 6.06. The van der Waals surface area contributed by atoms with E-state index in [1.807, 2.05) is 18.2 Å². The first kappa shape index (κ1) is 22.6. The molecular weight excluding hydrogens is 405 g/mol. The molecular formula is C24H25F3N2O2. The number of nitrogens with zero attached hydrogens (tertiary/aromatic N) is 1. The van der Waals surface area contributed by atoms with Crippen LogP contribution in [0.3, 0.4) is 0 Å². The van der Waals surface area contributed by atoms with Gasteiger partial charge in [-0.05, 0) is 46.2 Å². The fourth-order valence-corrected chi connectivity index (χ4v) is 3.54. The molecule has 0 saturated heterocycles. The number of benzene rings is 3. The van der Waals surface area contributed by atoms with E-state index in [-0.39, 0.29) is 13.0 Å². The molecule has 0 amide bonds. The molecule has 0 fully saturated rings. The molecule has 0 radical (unpaired) electrons. The van der Waals surface area contributed by atoms with Crippen molar-refractivity contribution < 1.29 is 22.6 Å². The van der Waals surface area contributed by atoms with Crippen LogP contribution in [0.2, 0.25) is 0 Å². The molecule has 1 aliphatic rings. The smallest absolute Gasteiger partial charge is 0.417 e. The van der Waals surface area contributed by atoms with Crippen molar-refractivity contribution in [2.75, 3.05) is 33.4 Å². The van der Waals surface area contributed by atoms with Gasteiger partial charge in [0.25, 0.3) is 0 Å². The molecule has 0 atom stereocenters. The Morgan fingerprint density at radius 2 is 1.77 bits per heavy atom. The summed E-state index contributed by atoms with van der Waals surface area (Å²) in [6, 6.07) is 14.7. The maximum Gasteiger partial charge on any atom is 0.417 e. The van der Waals surface area contributed by atoms with Crippen LogP contribution in [-0.4, -0.2) is 39.2 Å². The molecule has 1 aliphatic heterocycles. The second-order valence-corrected chi connectivity index (χ2v) is 6.95. The predicted molar refractivity (Wildman–Crippen MR) is 118 cm³/mol. The van der Waals surface area contributed by atoms with E-state index >= 15 is 0 Å². The van der Waals surface area contributed by atoms with Crippen molar-refractivity contribution in [2.24, 2.45) is 4.99 Å². The van der Waals surface area contributed by atoms with Crippen molar-refractivity contribution in [2.45, 2.75) is 13.6 Å². The summed E-state index contributed by atoms with van der Waals surface area (Å²) in [6.45, 7) is 2.25. The molecule has 0 aliphatic carbocycles. The Morgan fingerprint density at radius 3 is 2.48 bits per heavy atom. The van der Waals surface area contributed by atoms with E-state index in [9.17, 15) is 13.2 Å². The average molecular weight is 430 g/mol. The number of ether oxygens (including phenoxy) is 2. The van der Waals surface area contributed by atoms with Gasteiger partial charge in [-0.25, -0.2) is 0 Å². The maximum atomic E-state index is 13.5. The second-order valence-electron chi connectivity index (χ2n) is 6.95. The van der Waals surface area contributed by atoms with Crippen molar-refractivity contribution in [1.82, 2.24) is 5.32 Å². The van der Waals surface area contributed by atoms with Crippen molar-refractivity contribution in [3.8, 4) is 16.9 Å². The molecule has 1 heterocycles. The van der Waals surface area contributed by atoms with E-state index in [0.717, 1.165) is 34.8 Å². The van der Waals surface area contributed by atoms with Crippen LogP contribution in [0.15, 0.2) is 59.6 Å². The summed E-state index contributed by atoms with van der Waals surface area (Å²) in [5.74, 6) is 1.39. The number of rotatable bonds is 6. The van der Waals surface area contributed by atoms with E-state index in [0.29, 0.717) is 31.1 Å². The Balaban J connectivity index is 0.00000272. The highest BCUT2D eigenvalue weighted by atomic mass is 19.4. The minimum atomic E-state index is -4.42. The highest BCUT2D eigenvalue weighted by Gasteiger charge is 2.33. The van der Waals surface area contributed by atoms with Crippen LogP contribution in [0.5, 0.6) is 5.75 Å². The van der Waals surface area contributed by atoms with Gasteiger partial charge in [-0.3, -0.25) is 4.99 Å². The third kappa shape index (κ3) is 4.82. The van der Waals surface area contributed by atoms with Crippen molar-refractivity contribution in [1.29, 1.82) is 0 Å². The van der Waals surface area contributed by atoms with Gasteiger partial charge in [0.05, 0.1) is 24.3 Å². The lowest BCUT2D eigenvalue weighted by Crippen LogP contribution is -2.20. The first-order chi connectivity index (χ1) is 14.5. The number of hydrogen-bond donors (Lipinski definition) is 1. The number of methoxy groups -OCH3 is 1. The van der Waals surface area contributed by atoms with E-state index in [1.165, 1.54) is 12.1 Å². The minimum absolute atomic E-state index is 0. The lowest BCUT2D eigenvalue weighted by atomic mass is 9.95. The lowest BCUT2D eigenvalue weighted by Gasteiger charge is -2.15. The van der Waals surface area contributed by atoms with Gasteiger partial charge in [0.2, 0.25) is 0 Å². The molecule has 3 aromatic carbocycles. The molecule has 0 aromatic heterocycles. The summed E-state index contributed by atoms with van der Waals surface area (Å²) < 4.78 is 51.3. The molecule has 164 valence electrons. The lowest BCUT2D eigenvalue weighted by molar-refractivity contribution is -0.137. The van der Waals surface area contributed by atoms with E-state index < -0.39 is 11.7 Å². The van der Waals surface area contributed by atoms with Gasteiger partial charge in [0, 0.05) is 13.7 Å². The predicted octanol–water partition coefficient (Wildman–Crippen LogP) is 5.54. The molecule has 4 nitrogen and oxygen atoms in total. The maximum absolute atomic E-state index is 13.5. The van der Waals surface area contributed by atoms with Crippen molar-refractivity contribution in [3.05, 3.63) is 65.7 Å². The van der Waals surface area contributed by atoms with Crippen LogP contribution in [0.4, 0.5) is 13.2 Å². The third-order valence-electron chi connectivity index (χ3n) is 4.96. The Morgan fingerprint density at radius 1 is 0.968 bits per heavy atom. The Bertz CT molecular complexity index is 1090.